The Morgan fingerprint density at radius 2 is 2.17 bits per heavy atom. The third-order valence-corrected chi connectivity index (χ3v) is 3.32. The van der Waals surface area contributed by atoms with Crippen LogP contribution < -0.4 is 5.32 Å². The van der Waals surface area contributed by atoms with Gasteiger partial charge in [0.15, 0.2) is 0 Å². The second kappa shape index (κ2) is 6.04. The Morgan fingerprint density at radius 1 is 1.50 bits per heavy atom. The van der Waals surface area contributed by atoms with Crippen molar-refractivity contribution in [1.29, 1.82) is 0 Å². The molecule has 3 N–H and O–H groups in total. The van der Waals surface area contributed by atoms with E-state index in [4.69, 9.17) is 5.11 Å². The van der Waals surface area contributed by atoms with E-state index < -0.39 is 11.6 Å². The van der Waals surface area contributed by atoms with Crippen molar-refractivity contribution in [3.05, 3.63) is 0 Å². The number of amides is 2. The Hall–Kier alpha value is -1.30. The molecule has 1 rings (SSSR count). The Balaban J connectivity index is 2.34. The summed E-state index contributed by atoms with van der Waals surface area (Å²) in [5.41, 5.74) is -0.803. The molecule has 6 heteroatoms. The highest BCUT2D eigenvalue weighted by atomic mass is 16.4. The molecular weight excluding hydrogens is 236 g/mol. The number of carbonyl (C=O) groups excluding carboxylic acids is 1. The van der Waals surface area contributed by atoms with Crippen molar-refractivity contribution < 1.29 is 19.8 Å². The Bertz CT molecular complexity index is 317. The Morgan fingerprint density at radius 3 is 2.61 bits per heavy atom. The molecule has 0 radical (unpaired) electrons. The summed E-state index contributed by atoms with van der Waals surface area (Å²) < 4.78 is 0. The molecule has 0 aliphatic carbocycles. The Labute approximate surface area is 107 Å². The van der Waals surface area contributed by atoms with Crippen molar-refractivity contribution in [3.63, 3.8) is 0 Å². The van der Waals surface area contributed by atoms with E-state index in [2.05, 4.69) is 5.32 Å². The lowest BCUT2D eigenvalue weighted by atomic mass is 10.0. The fourth-order valence-corrected chi connectivity index (χ4v) is 2.07. The molecule has 1 aliphatic rings. The zero-order chi connectivity index (χ0) is 13.8. The molecule has 0 spiro atoms. The quantitative estimate of drug-likeness (QED) is 0.675. The summed E-state index contributed by atoms with van der Waals surface area (Å²) in [7, 11) is 0. The van der Waals surface area contributed by atoms with Gasteiger partial charge in [-0.2, -0.15) is 0 Å². The van der Waals surface area contributed by atoms with Gasteiger partial charge in [0, 0.05) is 19.5 Å². The number of hydrogen-bond acceptors (Lipinski definition) is 3. The molecule has 1 aliphatic heterocycles. The summed E-state index contributed by atoms with van der Waals surface area (Å²) in [6, 6.07) is -0.225. The average molecular weight is 258 g/mol. The summed E-state index contributed by atoms with van der Waals surface area (Å²) in [5, 5.41) is 21.2. The smallest absolute Gasteiger partial charge is 0.317 e. The molecule has 0 aromatic carbocycles. The number of aliphatic carboxylic acids is 1. The molecular formula is C12H22N2O4. The van der Waals surface area contributed by atoms with Gasteiger partial charge in [0.05, 0.1) is 12.1 Å². The van der Waals surface area contributed by atoms with Crippen molar-refractivity contribution in [3.8, 4) is 0 Å². The van der Waals surface area contributed by atoms with E-state index in [0.29, 0.717) is 32.5 Å². The minimum atomic E-state index is -0.847. The normalized spacial score (nSPS) is 24.9. The van der Waals surface area contributed by atoms with E-state index >= 15 is 0 Å². The lowest BCUT2D eigenvalue weighted by Gasteiger charge is -2.21. The number of β-amino-alcohol motifs (C(OH)–C–C–N with tert-alkyl or cyclic N) is 1. The maximum absolute atomic E-state index is 11.8. The van der Waals surface area contributed by atoms with Crippen LogP contribution in [0.4, 0.5) is 4.79 Å². The van der Waals surface area contributed by atoms with Crippen LogP contribution in [0.3, 0.4) is 0 Å². The number of nitrogens with zero attached hydrogens (tertiary/aromatic N) is 1. The summed E-state index contributed by atoms with van der Waals surface area (Å²) >= 11 is 0. The highest BCUT2D eigenvalue weighted by Gasteiger charge is 2.33. The van der Waals surface area contributed by atoms with E-state index in [9.17, 15) is 14.7 Å². The lowest BCUT2D eigenvalue weighted by Crippen LogP contribution is -2.42. The third kappa shape index (κ3) is 4.52. The minimum Gasteiger partial charge on any atom is -0.481 e. The maximum Gasteiger partial charge on any atom is 0.317 e. The van der Waals surface area contributed by atoms with Gasteiger partial charge in [-0.25, -0.2) is 4.79 Å². The molecule has 0 aromatic heterocycles. The first-order chi connectivity index (χ1) is 8.34. The van der Waals surface area contributed by atoms with Gasteiger partial charge >= 0.3 is 12.0 Å². The summed E-state index contributed by atoms with van der Waals surface area (Å²) in [4.78, 5) is 24.0. The highest BCUT2D eigenvalue weighted by molar-refractivity contribution is 5.74. The van der Waals surface area contributed by atoms with Crippen molar-refractivity contribution in [1.82, 2.24) is 10.2 Å². The van der Waals surface area contributed by atoms with Crippen LogP contribution in [0.1, 0.15) is 33.1 Å². The molecule has 1 fully saturated rings. The first-order valence-corrected chi connectivity index (χ1v) is 6.31. The molecule has 1 saturated heterocycles. The molecule has 2 amide bonds. The molecule has 0 bridgehead atoms. The molecule has 0 aromatic rings. The predicted molar refractivity (Wildman–Crippen MR) is 66.2 cm³/mol. The molecule has 6 nitrogen and oxygen atoms in total. The van der Waals surface area contributed by atoms with Gasteiger partial charge in [-0.3, -0.25) is 4.79 Å². The number of hydrogen-bond donors (Lipinski definition) is 3. The van der Waals surface area contributed by atoms with Crippen molar-refractivity contribution in [2.75, 3.05) is 19.6 Å². The summed E-state index contributed by atoms with van der Waals surface area (Å²) in [6.45, 7) is 4.84. The zero-order valence-electron chi connectivity index (χ0n) is 11.0. The zero-order valence-corrected chi connectivity index (χ0v) is 11.0. The van der Waals surface area contributed by atoms with Crippen LogP contribution in [-0.2, 0) is 4.79 Å². The standard InChI is InChI=1S/C12H22N2O4/c1-3-9(6-10(15)16)7-13-11(17)14-5-4-12(2,18)8-14/h9,18H,3-8H2,1-2H3,(H,13,17)(H,15,16). The van der Waals surface area contributed by atoms with E-state index in [1.807, 2.05) is 6.92 Å². The third-order valence-electron chi connectivity index (χ3n) is 3.32. The van der Waals surface area contributed by atoms with Crippen LogP contribution in [0.25, 0.3) is 0 Å². The summed E-state index contributed by atoms with van der Waals surface area (Å²) in [6.07, 6.45) is 1.35. The first-order valence-electron chi connectivity index (χ1n) is 6.31. The molecule has 104 valence electrons. The number of carboxylic acid groups (broad SMARTS) is 1. The van der Waals surface area contributed by atoms with E-state index in [0.717, 1.165) is 0 Å². The van der Waals surface area contributed by atoms with Gasteiger partial charge in [0.25, 0.3) is 0 Å². The highest BCUT2D eigenvalue weighted by Crippen LogP contribution is 2.20. The molecule has 2 unspecified atom stereocenters. The average Bonchev–Trinajstić information content (AvgIpc) is 2.64. The van der Waals surface area contributed by atoms with E-state index in [1.54, 1.807) is 11.8 Å². The predicted octanol–water partition coefficient (Wildman–Crippen LogP) is 0.654. The fourth-order valence-electron chi connectivity index (χ4n) is 2.07. The number of urea groups is 1. The summed E-state index contributed by atoms with van der Waals surface area (Å²) in [5.74, 6) is -0.894. The molecule has 0 saturated carbocycles. The van der Waals surface area contributed by atoms with Gasteiger partial charge in [-0.15, -0.1) is 0 Å². The minimum absolute atomic E-state index is 0.0467. The van der Waals surface area contributed by atoms with Gasteiger partial charge in [0.2, 0.25) is 0 Å². The topological polar surface area (TPSA) is 89.9 Å². The number of carbonyl (C=O) groups is 2. The number of rotatable bonds is 5. The van der Waals surface area contributed by atoms with Crippen molar-refractivity contribution in [2.24, 2.45) is 5.92 Å². The van der Waals surface area contributed by atoms with Crippen LogP contribution in [-0.4, -0.2) is 52.3 Å². The number of nitrogens with one attached hydrogen (secondary N) is 1. The van der Waals surface area contributed by atoms with Crippen LogP contribution in [0.2, 0.25) is 0 Å². The van der Waals surface area contributed by atoms with Crippen LogP contribution in [0.5, 0.6) is 0 Å². The number of carboxylic acids is 1. The van der Waals surface area contributed by atoms with Gasteiger partial charge in [-0.1, -0.05) is 13.3 Å². The number of aliphatic hydroxyl groups is 1. The lowest BCUT2D eigenvalue weighted by molar-refractivity contribution is -0.138. The van der Waals surface area contributed by atoms with Crippen LogP contribution in [0.15, 0.2) is 0 Å². The first kappa shape index (κ1) is 14.8. The SMILES string of the molecule is CCC(CNC(=O)N1CCC(C)(O)C1)CC(=O)O. The van der Waals surface area contributed by atoms with Gasteiger partial charge < -0.3 is 20.4 Å². The van der Waals surface area contributed by atoms with Crippen LogP contribution in [0, 0.1) is 5.92 Å². The second-order valence-electron chi connectivity index (χ2n) is 5.23. The largest absolute Gasteiger partial charge is 0.481 e. The van der Waals surface area contributed by atoms with Crippen molar-refractivity contribution >= 4 is 12.0 Å². The van der Waals surface area contributed by atoms with E-state index in [-0.39, 0.29) is 18.4 Å². The molecule has 1 heterocycles. The van der Waals surface area contributed by atoms with Gasteiger partial charge in [0.1, 0.15) is 0 Å². The number of likely N-dealkylation sites (tertiary alicyclic amines) is 1. The van der Waals surface area contributed by atoms with Gasteiger partial charge in [-0.05, 0) is 19.3 Å². The molecule has 18 heavy (non-hydrogen) atoms. The van der Waals surface area contributed by atoms with Crippen LogP contribution >= 0.6 is 0 Å². The second-order valence-corrected chi connectivity index (χ2v) is 5.23. The molecule has 2 atom stereocenters. The fraction of sp³-hybridized carbons (Fsp3) is 0.833. The maximum atomic E-state index is 11.8. The van der Waals surface area contributed by atoms with Crippen molar-refractivity contribution in [2.45, 2.75) is 38.7 Å². The van der Waals surface area contributed by atoms with E-state index in [1.165, 1.54) is 0 Å². The Kier molecular flexibility index (Phi) is 4.95. The monoisotopic (exact) mass is 258 g/mol.